The molecule has 0 spiro atoms. The fourth-order valence-electron chi connectivity index (χ4n) is 2.91. The second-order valence-electron chi connectivity index (χ2n) is 5.39. The molecule has 0 radical (unpaired) electrons. The van der Waals surface area contributed by atoms with Crippen LogP contribution in [0, 0.1) is 5.92 Å². The van der Waals surface area contributed by atoms with Gasteiger partial charge in [-0.15, -0.1) is 0 Å². The molecule has 0 amide bonds. The fraction of sp³-hybridized carbons (Fsp3) is 0.600. The lowest BCUT2D eigenvalue weighted by atomic mass is 10.1. The van der Waals surface area contributed by atoms with Crippen LogP contribution in [-0.2, 0) is 13.1 Å². The Morgan fingerprint density at radius 1 is 1.33 bits per heavy atom. The highest BCUT2D eigenvalue weighted by molar-refractivity contribution is 5.37. The SMILES string of the molecule is CCN1CCC(COc2ccc3c(c2)CNC3)C1. The summed E-state index contributed by atoms with van der Waals surface area (Å²) in [6.45, 7) is 8.69. The van der Waals surface area contributed by atoms with E-state index >= 15 is 0 Å². The summed E-state index contributed by atoms with van der Waals surface area (Å²) in [6.07, 6.45) is 1.28. The van der Waals surface area contributed by atoms with Gasteiger partial charge in [-0.25, -0.2) is 0 Å². The van der Waals surface area contributed by atoms with Gasteiger partial charge in [0.05, 0.1) is 6.61 Å². The number of rotatable bonds is 4. The summed E-state index contributed by atoms with van der Waals surface area (Å²) in [5.74, 6) is 1.74. The third-order valence-electron chi connectivity index (χ3n) is 4.11. The zero-order valence-electron chi connectivity index (χ0n) is 11.1. The number of nitrogens with zero attached hydrogens (tertiary/aromatic N) is 1. The van der Waals surface area contributed by atoms with E-state index in [0.29, 0.717) is 5.92 Å². The Morgan fingerprint density at radius 2 is 2.22 bits per heavy atom. The van der Waals surface area contributed by atoms with Crippen LogP contribution in [0.25, 0.3) is 0 Å². The van der Waals surface area contributed by atoms with E-state index in [9.17, 15) is 0 Å². The molecule has 1 atom stereocenters. The number of likely N-dealkylation sites (tertiary alicyclic amines) is 1. The van der Waals surface area contributed by atoms with Gasteiger partial charge in [0, 0.05) is 25.6 Å². The predicted octanol–water partition coefficient (Wildman–Crippen LogP) is 2.01. The number of nitrogens with one attached hydrogen (secondary N) is 1. The number of hydrogen-bond donors (Lipinski definition) is 1. The van der Waals surface area contributed by atoms with Gasteiger partial charge in [0.2, 0.25) is 0 Å². The molecule has 1 N–H and O–H groups in total. The van der Waals surface area contributed by atoms with Gasteiger partial charge in [0.15, 0.2) is 0 Å². The van der Waals surface area contributed by atoms with E-state index in [1.54, 1.807) is 0 Å². The van der Waals surface area contributed by atoms with Crippen molar-refractivity contribution in [3.8, 4) is 5.75 Å². The van der Waals surface area contributed by atoms with E-state index in [1.165, 1.54) is 37.2 Å². The monoisotopic (exact) mass is 246 g/mol. The van der Waals surface area contributed by atoms with Crippen molar-refractivity contribution in [3.63, 3.8) is 0 Å². The Kier molecular flexibility index (Phi) is 3.52. The summed E-state index contributed by atoms with van der Waals surface area (Å²) in [4.78, 5) is 2.50. The van der Waals surface area contributed by atoms with Gasteiger partial charge >= 0.3 is 0 Å². The molecule has 3 heteroatoms. The van der Waals surface area contributed by atoms with Crippen molar-refractivity contribution >= 4 is 0 Å². The smallest absolute Gasteiger partial charge is 0.119 e. The van der Waals surface area contributed by atoms with Crippen molar-refractivity contribution in [2.75, 3.05) is 26.2 Å². The largest absolute Gasteiger partial charge is 0.493 e. The Bertz CT molecular complexity index is 419. The molecule has 3 rings (SSSR count). The molecule has 18 heavy (non-hydrogen) atoms. The Hall–Kier alpha value is -1.06. The molecule has 3 nitrogen and oxygen atoms in total. The third-order valence-corrected chi connectivity index (χ3v) is 4.11. The van der Waals surface area contributed by atoms with E-state index in [2.05, 4.69) is 35.3 Å². The molecule has 1 aromatic rings. The normalized spacial score (nSPS) is 23.3. The van der Waals surface area contributed by atoms with Gasteiger partial charge in [-0.3, -0.25) is 0 Å². The lowest BCUT2D eigenvalue weighted by Gasteiger charge is -2.14. The van der Waals surface area contributed by atoms with Crippen molar-refractivity contribution in [1.82, 2.24) is 10.2 Å². The average molecular weight is 246 g/mol. The summed E-state index contributed by atoms with van der Waals surface area (Å²) in [5.41, 5.74) is 2.81. The second kappa shape index (κ2) is 5.29. The van der Waals surface area contributed by atoms with Crippen LogP contribution in [0.3, 0.4) is 0 Å². The van der Waals surface area contributed by atoms with Crippen LogP contribution in [-0.4, -0.2) is 31.1 Å². The lowest BCUT2D eigenvalue weighted by Crippen LogP contribution is -2.21. The first-order valence-electron chi connectivity index (χ1n) is 7.03. The maximum atomic E-state index is 5.95. The van der Waals surface area contributed by atoms with E-state index in [-0.39, 0.29) is 0 Å². The minimum atomic E-state index is 0.705. The summed E-state index contributed by atoms with van der Waals surface area (Å²) in [5, 5.41) is 3.36. The highest BCUT2D eigenvalue weighted by Gasteiger charge is 2.21. The minimum Gasteiger partial charge on any atom is -0.493 e. The van der Waals surface area contributed by atoms with Gasteiger partial charge in [0.1, 0.15) is 5.75 Å². The zero-order valence-corrected chi connectivity index (χ0v) is 11.1. The highest BCUT2D eigenvalue weighted by atomic mass is 16.5. The summed E-state index contributed by atoms with van der Waals surface area (Å²) < 4.78 is 5.95. The molecule has 0 bridgehead atoms. The molecule has 2 aliphatic heterocycles. The molecule has 98 valence electrons. The number of fused-ring (bicyclic) bond motifs is 1. The van der Waals surface area contributed by atoms with Crippen LogP contribution in [0.4, 0.5) is 0 Å². The molecule has 2 heterocycles. The van der Waals surface area contributed by atoms with E-state index in [4.69, 9.17) is 4.74 Å². The van der Waals surface area contributed by atoms with Crippen molar-refractivity contribution in [3.05, 3.63) is 29.3 Å². The van der Waals surface area contributed by atoms with Crippen molar-refractivity contribution in [2.45, 2.75) is 26.4 Å². The number of hydrogen-bond acceptors (Lipinski definition) is 3. The standard InChI is InChI=1S/C15H22N2O/c1-2-17-6-5-12(10-17)11-18-15-4-3-13-8-16-9-14(13)7-15/h3-4,7,12,16H,2,5-6,8-11H2,1H3. The van der Waals surface area contributed by atoms with E-state index < -0.39 is 0 Å². The summed E-state index contributed by atoms with van der Waals surface area (Å²) >= 11 is 0. The molecule has 0 aliphatic carbocycles. The van der Waals surface area contributed by atoms with Crippen LogP contribution in [0.5, 0.6) is 5.75 Å². The van der Waals surface area contributed by atoms with Crippen LogP contribution in [0.1, 0.15) is 24.5 Å². The topological polar surface area (TPSA) is 24.5 Å². The second-order valence-corrected chi connectivity index (χ2v) is 5.39. The minimum absolute atomic E-state index is 0.705. The maximum Gasteiger partial charge on any atom is 0.119 e. The molecule has 0 aromatic heterocycles. The van der Waals surface area contributed by atoms with E-state index in [1.807, 2.05) is 0 Å². The van der Waals surface area contributed by atoms with Gasteiger partial charge in [-0.1, -0.05) is 13.0 Å². The molecule has 0 saturated carbocycles. The molecule has 2 aliphatic rings. The summed E-state index contributed by atoms with van der Waals surface area (Å²) in [6, 6.07) is 6.50. The van der Waals surface area contributed by atoms with Gasteiger partial charge in [-0.2, -0.15) is 0 Å². The van der Waals surface area contributed by atoms with Crippen molar-refractivity contribution < 1.29 is 4.74 Å². The fourth-order valence-corrected chi connectivity index (χ4v) is 2.91. The van der Waals surface area contributed by atoms with Crippen LogP contribution in [0.15, 0.2) is 18.2 Å². The van der Waals surface area contributed by atoms with Crippen LogP contribution >= 0.6 is 0 Å². The summed E-state index contributed by atoms with van der Waals surface area (Å²) in [7, 11) is 0. The predicted molar refractivity (Wildman–Crippen MR) is 72.7 cm³/mol. The van der Waals surface area contributed by atoms with E-state index in [0.717, 1.165) is 25.4 Å². The third kappa shape index (κ3) is 2.52. The first kappa shape index (κ1) is 12.0. The Balaban J connectivity index is 1.54. The zero-order chi connectivity index (χ0) is 12.4. The molecular formula is C15H22N2O. The highest BCUT2D eigenvalue weighted by Crippen LogP contribution is 2.23. The molecular weight excluding hydrogens is 224 g/mol. The molecule has 1 aromatic carbocycles. The van der Waals surface area contributed by atoms with Gasteiger partial charge < -0.3 is 15.0 Å². The van der Waals surface area contributed by atoms with Crippen molar-refractivity contribution in [2.24, 2.45) is 5.92 Å². The Labute approximate surface area is 109 Å². The first-order valence-corrected chi connectivity index (χ1v) is 7.03. The maximum absolute atomic E-state index is 5.95. The van der Waals surface area contributed by atoms with Crippen LogP contribution in [0.2, 0.25) is 0 Å². The first-order chi connectivity index (χ1) is 8.85. The van der Waals surface area contributed by atoms with Crippen molar-refractivity contribution in [1.29, 1.82) is 0 Å². The van der Waals surface area contributed by atoms with Gasteiger partial charge in [0.25, 0.3) is 0 Å². The number of ether oxygens (including phenoxy) is 1. The Morgan fingerprint density at radius 3 is 3.06 bits per heavy atom. The molecule has 1 saturated heterocycles. The lowest BCUT2D eigenvalue weighted by molar-refractivity contribution is 0.243. The average Bonchev–Trinajstić information content (AvgIpc) is 3.04. The quantitative estimate of drug-likeness (QED) is 0.879. The molecule has 1 unspecified atom stereocenters. The van der Waals surface area contributed by atoms with Gasteiger partial charge in [-0.05, 0) is 42.8 Å². The number of benzene rings is 1. The van der Waals surface area contributed by atoms with Crippen LogP contribution < -0.4 is 10.1 Å². The molecule has 1 fully saturated rings.